The van der Waals surface area contributed by atoms with Crippen LogP contribution in [0.5, 0.6) is 0 Å². The zero-order valence-corrected chi connectivity index (χ0v) is 22.6. The highest BCUT2D eigenvalue weighted by Crippen LogP contribution is 2.62. The van der Waals surface area contributed by atoms with E-state index in [9.17, 15) is 0 Å². The van der Waals surface area contributed by atoms with Crippen LogP contribution < -0.4 is 0 Å². The molecule has 5 aliphatic rings. The number of fused-ring (bicyclic) bond motifs is 6. The lowest BCUT2D eigenvalue weighted by molar-refractivity contribution is 0.554. The Morgan fingerprint density at radius 1 is 0.444 bits per heavy atom. The number of allylic oxidation sites excluding steroid dienone is 2. The number of hydrogen-bond donors (Lipinski definition) is 0. The van der Waals surface area contributed by atoms with E-state index in [1.807, 2.05) is 47.0 Å². The predicted octanol–water partition coefficient (Wildman–Crippen LogP) is 10.9. The Balaban J connectivity index is 1.09. The van der Waals surface area contributed by atoms with Gasteiger partial charge in [0.05, 0.1) is 8.47 Å². The number of benzene rings is 5. The zero-order valence-electron chi connectivity index (χ0n) is 19.3. The Hall–Kier alpha value is -2.24. The molecular formula is C32H20S4. The molecule has 0 saturated heterocycles. The molecule has 172 valence electrons. The van der Waals surface area contributed by atoms with Crippen LogP contribution in [0.1, 0.15) is 35.8 Å². The van der Waals surface area contributed by atoms with Crippen LogP contribution in [-0.4, -0.2) is 0 Å². The van der Waals surface area contributed by atoms with Gasteiger partial charge in [-0.2, -0.15) is 0 Å². The van der Waals surface area contributed by atoms with Crippen molar-refractivity contribution in [2.24, 2.45) is 0 Å². The molecule has 0 fully saturated rings. The van der Waals surface area contributed by atoms with Crippen molar-refractivity contribution in [3.63, 3.8) is 0 Å². The quantitative estimate of drug-likeness (QED) is 0.144. The molecule has 5 aromatic carbocycles. The second-order valence-corrected chi connectivity index (χ2v) is 14.9. The molecule has 0 aromatic heterocycles. The van der Waals surface area contributed by atoms with Gasteiger partial charge in [0.15, 0.2) is 0 Å². The van der Waals surface area contributed by atoms with Crippen LogP contribution in [0.4, 0.5) is 0 Å². The third kappa shape index (κ3) is 3.08. The first kappa shape index (κ1) is 20.8. The molecule has 0 radical (unpaired) electrons. The van der Waals surface area contributed by atoms with E-state index < -0.39 is 0 Å². The molecule has 4 heteroatoms. The largest absolute Gasteiger partial charge is 0.0804 e. The van der Waals surface area contributed by atoms with E-state index in [1.54, 1.807) is 11.1 Å². The van der Waals surface area contributed by atoms with Crippen molar-refractivity contribution in [1.82, 2.24) is 0 Å². The summed E-state index contributed by atoms with van der Waals surface area (Å²) >= 11 is 7.83. The van der Waals surface area contributed by atoms with Crippen LogP contribution in [0.25, 0.3) is 32.3 Å². The Kier molecular flexibility index (Phi) is 4.41. The number of rotatable bonds is 0. The molecule has 5 aromatic rings. The van der Waals surface area contributed by atoms with Crippen LogP contribution in [0, 0.1) is 0 Å². The molecule has 2 atom stereocenters. The third-order valence-corrected chi connectivity index (χ3v) is 13.6. The molecule has 0 amide bonds. The third-order valence-electron chi connectivity index (χ3n) is 8.01. The first-order chi connectivity index (χ1) is 17.7. The van der Waals surface area contributed by atoms with E-state index in [0.29, 0.717) is 11.8 Å². The average molecular weight is 533 g/mol. The van der Waals surface area contributed by atoms with Gasteiger partial charge in [-0.05, 0) is 92.7 Å². The fourth-order valence-electron chi connectivity index (χ4n) is 6.20. The Labute approximate surface area is 227 Å². The minimum atomic E-state index is 0.625. The van der Waals surface area contributed by atoms with Gasteiger partial charge in [-0.3, -0.25) is 0 Å². The van der Waals surface area contributed by atoms with Gasteiger partial charge < -0.3 is 0 Å². The van der Waals surface area contributed by atoms with E-state index in [1.165, 1.54) is 73.2 Å². The maximum absolute atomic E-state index is 2.49. The first-order valence-electron chi connectivity index (χ1n) is 12.5. The van der Waals surface area contributed by atoms with Crippen molar-refractivity contribution >= 4 is 79.4 Å². The molecule has 2 heterocycles. The summed E-state index contributed by atoms with van der Waals surface area (Å²) in [6.07, 6.45) is 7.51. The molecule has 0 spiro atoms. The lowest BCUT2D eigenvalue weighted by Crippen LogP contribution is -2.16. The van der Waals surface area contributed by atoms with Gasteiger partial charge in [-0.1, -0.05) is 95.6 Å². The van der Waals surface area contributed by atoms with Crippen molar-refractivity contribution in [2.75, 3.05) is 0 Å². The predicted molar refractivity (Wildman–Crippen MR) is 160 cm³/mol. The monoisotopic (exact) mass is 532 g/mol. The molecule has 2 unspecified atom stereocenters. The summed E-state index contributed by atoms with van der Waals surface area (Å²) in [4.78, 5) is 5.62. The maximum atomic E-state index is 2.49. The van der Waals surface area contributed by atoms with Gasteiger partial charge in [0.1, 0.15) is 0 Å². The molecule has 36 heavy (non-hydrogen) atoms. The Morgan fingerprint density at radius 3 is 1.22 bits per heavy atom. The smallest absolute Gasteiger partial charge is 0.0706 e. The normalized spacial score (nSPS) is 21.6. The van der Waals surface area contributed by atoms with Gasteiger partial charge in [0.2, 0.25) is 0 Å². The molecule has 10 rings (SSSR count). The summed E-state index contributed by atoms with van der Waals surface area (Å²) in [7, 11) is 0. The van der Waals surface area contributed by atoms with Crippen molar-refractivity contribution < 1.29 is 0 Å². The second kappa shape index (κ2) is 7.64. The van der Waals surface area contributed by atoms with Crippen molar-refractivity contribution in [2.45, 2.75) is 44.3 Å². The van der Waals surface area contributed by atoms with E-state index in [0.717, 1.165) is 0 Å². The fraction of sp³-hybridized carbons (Fsp3) is 0.125. The fourth-order valence-corrected chi connectivity index (χ4v) is 11.6. The minimum Gasteiger partial charge on any atom is -0.0804 e. The van der Waals surface area contributed by atoms with Crippen LogP contribution in [0.15, 0.2) is 113 Å². The minimum absolute atomic E-state index is 0.625. The second-order valence-electron chi connectivity index (χ2n) is 10.1. The molecule has 3 aliphatic carbocycles. The van der Waals surface area contributed by atoms with Gasteiger partial charge in [0, 0.05) is 31.4 Å². The van der Waals surface area contributed by atoms with Crippen molar-refractivity contribution in [3.05, 3.63) is 105 Å². The molecule has 0 nitrogen and oxygen atoms in total. The maximum Gasteiger partial charge on any atom is 0.0706 e. The highest BCUT2D eigenvalue weighted by molar-refractivity contribution is 8.30. The Bertz CT molecular complexity index is 1730. The summed E-state index contributed by atoms with van der Waals surface area (Å²) < 4.78 is 2.87. The summed E-state index contributed by atoms with van der Waals surface area (Å²) in [5, 5.41) is 8.10. The van der Waals surface area contributed by atoms with E-state index in [-0.39, 0.29) is 0 Å². The lowest BCUT2D eigenvalue weighted by atomic mass is 9.71. The summed E-state index contributed by atoms with van der Waals surface area (Å²) in [6, 6.07) is 28.0. The van der Waals surface area contributed by atoms with E-state index in [2.05, 4.69) is 84.9 Å². The number of hydrogen-bond acceptors (Lipinski definition) is 4. The molecule has 2 bridgehead atoms. The van der Waals surface area contributed by atoms with E-state index in [4.69, 9.17) is 0 Å². The zero-order chi connectivity index (χ0) is 23.4. The van der Waals surface area contributed by atoms with Crippen molar-refractivity contribution in [1.29, 1.82) is 0 Å². The molecule has 2 aliphatic heterocycles. The summed E-state index contributed by atoms with van der Waals surface area (Å²) in [5.41, 5.74) is 3.15. The van der Waals surface area contributed by atoms with Crippen molar-refractivity contribution in [3.8, 4) is 0 Å². The van der Waals surface area contributed by atoms with Crippen LogP contribution >= 0.6 is 47.0 Å². The Morgan fingerprint density at radius 2 is 0.833 bits per heavy atom. The molecule has 0 saturated carbocycles. The van der Waals surface area contributed by atoms with Crippen LogP contribution in [0.3, 0.4) is 0 Å². The van der Waals surface area contributed by atoms with Crippen LogP contribution in [0.2, 0.25) is 0 Å². The average Bonchev–Trinajstić information content (AvgIpc) is 3.52. The van der Waals surface area contributed by atoms with Gasteiger partial charge >= 0.3 is 0 Å². The van der Waals surface area contributed by atoms with E-state index >= 15 is 0 Å². The lowest BCUT2D eigenvalue weighted by Gasteiger charge is -2.33. The number of thioether (sulfide) groups is 4. The first-order valence-corrected chi connectivity index (χ1v) is 15.7. The topological polar surface area (TPSA) is 0 Å². The summed E-state index contributed by atoms with van der Waals surface area (Å²) in [6.45, 7) is 0. The summed E-state index contributed by atoms with van der Waals surface area (Å²) in [5.74, 6) is 1.25. The molecular weight excluding hydrogens is 513 g/mol. The van der Waals surface area contributed by atoms with Gasteiger partial charge in [-0.15, -0.1) is 0 Å². The van der Waals surface area contributed by atoms with Gasteiger partial charge in [-0.25, -0.2) is 0 Å². The highest BCUT2D eigenvalue weighted by atomic mass is 32.2. The standard InChI is InChI=1S/C32H20S4/c1-2-4-20-10-22-14-28-27(13-21(22)9-19(20)3-1)33-31(34-28)32-35-29-15-23-11-25-17-5-6-18(8-7-17)26(25)12-24(23)16-30(29)36-32/h1-6,9-18H,7-8H2. The SMILES string of the molecule is C1=CC2CCC1c1cc3cc4c(cc3cc12)SC(=C1Sc2cc3cc5ccccc5cc3cc2S1)S4. The molecule has 0 N–H and O–H groups in total. The van der Waals surface area contributed by atoms with Gasteiger partial charge in [0.25, 0.3) is 0 Å². The highest BCUT2D eigenvalue weighted by Gasteiger charge is 2.31. The van der Waals surface area contributed by atoms with Crippen LogP contribution in [-0.2, 0) is 0 Å².